The molecule has 1 atom stereocenters. The first-order valence-electron chi connectivity index (χ1n) is 6.13. The van der Waals surface area contributed by atoms with E-state index >= 15 is 0 Å². The minimum Gasteiger partial charge on any atom is -0.454 e. The molecule has 1 aliphatic rings. The number of ether oxygens (including phenoxy) is 1. The largest absolute Gasteiger partial charge is 0.454 e. The Labute approximate surface area is 111 Å². The van der Waals surface area contributed by atoms with E-state index in [1.165, 1.54) is 0 Å². The zero-order valence-corrected chi connectivity index (χ0v) is 10.6. The molecule has 2 aromatic rings. The second kappa shape index (κ2) is 4.39. The van der Waals surface area contributed by atoms with Crippen molar-refractivity contribution >= 4 is 5.97 Å². The van der Waals surface area contributed by atoms with Crippen LogP contribution in [0.25, 0.3) is 11.1 Å². The molecular formula is C15H14N2O2. The number of carbonyl (C=O) groups is 1. The van der Waals surface area contributed by atoms with Gasteiger partial charge in [-0.15, -0.1) is 0 Å². The lowest BCUT2D eigenvalue weighted by Crippen LogP contribution is -2.01. The van der Waals surface area contributed by atoms with Gasteiger partial charge in [0.05, 0.1) is 6.20 Å². The van der Waals surface area contributed by atoms with E-state index < -0.39 is 0 Å². The number of aromatic amines is 1. The van der Waals surface area contributed by atoms with E-state index in [0.717, 1.165) is 22.3 Å². The molecule has 0 spiro atoms. The Hall–Kier alpha value is -2.36. The maximum absolute atomic E-state index is 11.5. The number of rotatable bonds is 2. The zero-order chi connectivity index (χ0) is 13.4. The van der Waals surface area contributed by atoms with Crippen molar-refractivity contribution in [2.45, 2.75) is 19.4 Å². The second-order valence-corrected chi connectivity index (χ2v) is 4.78. The van der Waals surface area contributed by atoms with Gasteiger partial charge >= 0.3 is 5.97 Å². The molecule has 1 saturated heterocycles. The van der Waals surface area contributed by atoms with Gasteiger partial charge in [-0.2, -0.15) is 5.10 Å². The summed E-state index contributed by atoms with van der Waals surface area (Å²) in [6, 6.07) is 6.11. The molecule has 0 radical (unpaired) electrons. The summed E-state index contributed by atoms with van der Waals surface area (Å²) in [4.78, 5) is 11.5. The van der Waals surface area contributed by atoms with Gasteiger partial charge in [0.15, 0.2) is 0 Å². The van der Waals surface area contributed by atoms with E-state index in [2.05, 4.69) is 22.8 Å². The lowest BCUT2D eigenvalue weighted by atomic mass is 9.94. The van der Waals surface area contributed by atoms with Crippen LogP contribution in [0.1, 0.15) is 23.7 Å². The summed E-state index contributed by atoms with van der Waals surface area (Å²) in [7, 11) is 0. The first-order valence-corrected chi connectivity index (χ1v) is 6.13. The fourth-order valence-electron chi connectivity index (χ4n) is 2.33. The van der Waals surface area contributed by atoms with Gasteiger partial charge in [-0.1, -0.05) is 30.3 Å². The fourth-order valence-corrected chi connectivity index (χ4v) is 2.33. The van der Waals surface area contributed by atoms with Crippen molar-refractivity contribution in [3.05, 3.63) is 53.9 Å². The molecule has 1 aromatic carbocycles. The molecule has 1 fully saturated rings. The van der Waals surface area contributed by atoms with Crippen LogP contribution in [0, 0.1) is 6.92 Å². The van der Waals surface area contributed by atoms with Crippen LogP contribution in [0.4, 0.5) is 0 Å². The Kier molecular flexibility index (Phi) is 2.71. The van der Waals surface area contributed by atoms with Gasteiger partial charge < -0.3 is 4.74 Å². The fraction of sp³-hybridized carbons (Fsp3) is 0.200. The maximum Gasteiger partial charge on any atom is 0.334 e. The lowest BCUT2D eigenvalue weighted by Gasteiger charge is -2.14. The number of esters is 1. The van der Waals surface area contributed by atoms with Gasteiger partial charge in [0.2, 0.25) is 0 Å². The zero-order valence-electron chi connectivity index (χ0n) is 10.6. The van der Waals surface area contributed by atoms with Crippen LogP contribution in [0.2, 0.25) is 0 Å². The SMILES string of the molecule is C=C1C[C@H](c2ccc(C)cc2-c2cn[nH]c2)OC1=O. The Balaban J connectivity index is 2.07. The molecule has 3 rings (SSSR count). The van der Waals surface area contributed by atoms with Crippen molar-refractivity contribution in [3.63, 3.8) is 0 Å². The highest BCUT2D eigenvalue weighted by Gasteiger charge is 2.30. The number of nitrogens with zero attached hydrogens (tertiary/aromatic N) is 1. The van der Waals surface area contributed by atoms with Crippen LogP contribution in [0.3, 0.4) is 0 Å². The molecular weight excluding hydrogens is 240 g/mol. The predicted molar refractivity (Wildman–Crippen MR) is 71.4 cm³/mol. The van der Waals surface area contributed by atoms with Crippen molar-refractivity contribution in [2.24, 2.45) is 0 Å². The summed E-state index contributed by atoms with van der Waals surface area (Å²) in [5.74, 6) is -0.302. The summed E-state index contributed by atoms with van der Waals surface area (Å²) >= 11 is 0. The normalized spacial score (nSPS) is 18.7. The van der Waals surface area contributed by atoms with E-state index in [1.807, 2.05) is 25.3 Å². The molecule has 2 heterocycles. The van der Waals surface area contributed by atoms with Crippen LogP contribution in [0.15, 0.2) is 42.7 Å². The van der Waals surface area contributed by atoms with Crippen molar-refractivity contribution in [2.75, 3.05) is 0 Å². The summed E-state index contributed by atoms with van der Waals surface area (Å²) in [5.41, 5.74) is 4.72. The monoisotopic (exact) mass is 254 g/mol. The van der Waals surface area contributed by atoms with E-state index in [4.69, 9.17) is 4.74 Å². The predicted octanol–water partition coefficient (Wildman–Crippen LogP) is 2.93. The summed E-state index contributed by atoms with van der Waals surface area (Å²) in [6.07, 6.45) is 3.91. The third kappa shape index (κ3) is 2.05. The van der Waals surface area contributed by atoms with E-state index in [-0.39, 0.29) is 12.1 Å². The van der Waals surface area contributed by atoms with Gasteiger partial charge in [0.1, 0.15) is 6.10 Å². The quantitative estimate of drug-likeness (QED) is 0.662. The van der Waals surface area contributed by atoms with E-state index in [9.17, 15) is 4.79 Å². The molecule has 0 saturated carbocycles. The van der Waals surface area contributed by atoms with E-state index in [1.54, 1.807) is 6.20 Å². The van der Waals surface area contributed by atoms with Gasteiger partial charge in [-0.05, 0) is 12.5 Å². The number of cyclic esters (lactones) is 1. The van der Waals surface area contributed by atoms with Crippen LogP contribution >= 0.6 is 0 Å². The highest BCUT2D eigenvalue weighted by Crippen LogP contribution is 2.37. The minimum atomic E-state index is -0.302. The molecule has 0 aliphatic carbocycles. The third-order valence-electron chi connectivity index (χ3n) is 3.33. The van der Waals surface area contributed by atoms with Crippen molar-refractivity contribution < 1.29 is 9.53 Å². The Morgan fingerprint density at radius 1 is 1.47 bits per heavy atom. The molecule has 1 aromatic heterocycles. The molecule has 4 nitrogen and oxygen atoms in total. The number of hydrogen-bond acceptors (Lipinski definition) is 3. The first kappa shape index (κ1) is 11.7. The van der Waals surface area contributed by atoms with Crippen molar-refractivity contribution in [1.29, 1.82) is 0 Å². The number of aromatic nitrogens is 2. The number of hydrogen-bond donors (Lipinski definition) is 1. The summed E-state index contributed by atoms with van der Waals surface area (Å²) < 4.78 is 5.37. The number of carbonyl (C=O) groups excluding carboxylic acids is 1. The Morgan fingerprint density at radius 2 is 2.32 bits per heavy atom. The van der Waals surface area contributed by atoms with Gasteiger partial charge in [-0.3, -0.25) is 5.10 Å². The number of benzene rings is 1. The lowest BCUT2D eigenvalue weighted by molar-refractivity contribution is -0.139. The summed E-state index contributed by atoms with van der Waals surface area (Å²) in [5, 5.41) is 6.78. The summed E-state index contributed by atoms with van der Waals surface area (Å²) in [6.45, 7) is 5.76. The molecule has 96 valence electrons. The average Bonchev–Trinajstić information content (AvgIpc) is 3.00. The number of nitrogens with one attached hydrogen (secondary N) is 1. The van der Waals surface area contributed by atoms with Crippen LogP contribution in [-0.2, 0) is 9.53 Å². The maximum atomic E-state index is 11.5. The smallest absolute Gasteiger partial charge is 0.334 e. The highest BCUT2D eigenvalue weighted by molar-refractivity contribution is 5.90. The molecule has 0 unspecified atom stereocenters. The molecule has 1 aliphatic heterocycles. The van der Waals surface area contributed by atoms with Crippen molar-refractivity contribution in [1.82, 2.24) is 10.2 Å². The number of H-pyrrole nitrogens is 1. The standard InChI is InChI=1S/C15H14N2O2/c1-9-3-4-12(14-6-10(2)15(18)19-14)13(5-9)11-7-16-17-8-11/h3-5,7-8,14H,2,6H2,1H3,(H,16,17)/t14-/m1/s1. The molecule has 0 bridgehead atoms. The second-order valence-electron chi connectivity index (χ2n) is 4.78. The number of aryl methyl sites for hydroxylation is 1. The Morgan fingerprint density at radius 3 is 2.95 bits per heavy atom. The average molecular weight is 254 g/mol. The van der Waals surface area contributed by atoms with Crippen LogP contribution < -0.4 is 0 Å². The third-order valence-corrected chi connectivity index (χ3v) is 3.33. The van der Waals surface area contributed by atoms with Crippen LogP contribution in [0.5, 0.6) is 0 Å². The topological polar surface area (TPSA) is 55.0 Å². The van der Waals surface area contributed by atoms with Gasteiger partial charge in [0.25, 0.3) is 0 Å². The van der Waals surface area contributed by atoms with Crippen molar-refractivity contribution in [3.8, 4) is 11.1 Å². The van der Waals surface area contributed by atoms with Gasteiger partial charge in [-0.25, -0.2) is 4.79 Å². The molecule has 4 heteroatoms. The minimum absolute atomic E-state index is 0.245. The Bertz CT molecular complexity index is 628. The highest BCUT2D eigenvalue weighted by atomic mass is 16.5. The van der Waals surface area contributed by atoms with E-state index in [0.29, 0.717) is 12.0 Å². The molecule has 0 amide bonds. The first-order chi connectivity index (χ1) is 9.15. The van der Waals surface area contributed by atoms with Gasteiger partial charge in [0, 0.05) is 29.3 Å². The van der Waals surface area contributed by atoms with Crippen LogP contribution in [-0.4, -0.2) is 16.2 Å². The molecule has 1 N–H and O–H groups in total. The molecule has 19 heavy (non-hydrogen) atoms.